The summed E-state index contributed by atoms with van der Waals surface area (Å²) in [5, 5.41) is 10.5. The van der Waals surface area contributed by atoms with Gasteiger partial charge in [-0.25, -0.2) is 0 Å². The van der Waals surface area contributed by atoms with Crippen molar-refractivity contribution in [1.82, 2.24) is 0 Å². The maximum Gasteiger partial charge on any atom is 0.192 e. The third-order valence-corrected chi connectivity index (χ3v) is 12.2. The van der Waals surface area contributed by atoms with Gasteiger partial charge in [0, 0.05) is 0 Å². The van der Waals surface area contributed by atoms with Crippen LogP contribution in [0.3, 0.4) is 0 Å². The summed E-state index contributed by atoms with van der Waals surface area (Å²) in [6, 6.07) is 21.2. The third kappa shape index (κ3) is 5.00. The largest absolute Gasteiger partial charge is 0.491 e. The van der Waals surface area contributed by atoms with E-state index in [1.54, 1.807) is 0 Å². The zero-order chi connectivity index (χ0) is 24.5. The van der Waals surface area contributed by atoms with Gasteiger partial charge in [-0.3, -0.25) is 0 Å². The fourth-order valence-corrected chi connectivity index (χ4v) is 5.56. The molecule has 0 spiro atoms. The first-order valence-corrected chi connectivity index (χ1v) is 15.3. The first kappa shape index (κ1) is 24.7. The van der Waals surface area contributed by atoms with Crippen molar-refractivity contribution in [1.29, 1.82) is 0 Å². The zero-order valence-electron chi connectivity index (χ0n) is 21.4. The van der Waals surface area contributed by atoms with E-state index >= 15 is 0 Å². The Bertz CT molecular complexity index is 1140. The minimum Gasteiger partial charge on any atom is -0.491 e. The second kappa shape index (κ2) is 9.69. The molecule has 0 amide bonds. The number of aliphatic hydroxyl groups excluding tert-OH is 1. The number of ether oxygens (including phenoxy) is 1. The Balaban J connectivity index is 1.47. The Morgan fingerprint density at radius 3 is 2.24 bits per heavy atom. The molecule has 3 aromatic rings. The second-order valence-electron chi connectivity index (χ2n) is 10.9. The summed E-state index contributed by atoms with van der Waals surface area (Å²) in [5.41, 5.74) is 8.52. The average Bonchev–Trinajstić information content (AvgIpc) is 3.18. The van der Waals surface area contributed by atoms with Crippen LogP contribution in [0.4, 0.5) is 0 Å². The van der Waals surface area contributed by atoms with Crippen molar-refractivity contribution in [2.24, 2.45) is 0 Å². The average molecular weight is 475 g/mol. The fraction of sp³-hybridized carbons (Fsp3) is 0.400. The van der Waals surface area contributed by atoms with E-state index in [1.807, 2.05) is 12.1 Å². The number of hydrogen-bond donors (Lipinski definition) is 1. The summed E-state index contributed by atoms with van der Waals surface area (Å²) >= 11 is 0. The summed E-state index contributed by atoms with van der Waals surface area (Å²) in [4.78, 5) is 0. The lowest BCUT2D eigenvalue weighted by atomic mass is 9.89. The molecule has 0 saturated carbocycles. The molecule has 0 aromatic heterocycles. The lowest BCUT2D eigenvalue weighted by molar-refractivity contribution is 0.180. The zero-order valence-corrected chi connectivity index (χ0v) is 22.4. The molecule has 3 nitrogen and oxygen atoms in total. The normalized spacial score (nSPS) is 15.9. The summed E-state index contributed by atoms with van der Waals surface area (Å²) in [5.74, 6) is 0.867. The minimum atomic E-state index is -1.74. The molecule has 1 aliphatic rings. The molecule has 1 atom stereocenters. The van der Waals surface area contributed by atoms with Gasteiger partial charge in [0.2, 0.25) is 0 Å². The maximum atomic E-state index is 10.3. The summed E-state index contributed by atoms with van der Waals surface area (Å²) in [6.45, 7) is 14.7. The van der Waals surface area contributed by atoms with Crippen molar-refractivity contribution in [2.75, 3.05) is 13.2 Å². The minimum absolute atomic E-state index is 0.209. The highest BCUT2D eigenvalue weighted by molar-refractivity contribution is 6.74. The molecule has 0 heterocycles. The van der Waals surface area contributed by atoms with Gasteiger partial charge in [-0.05, 0) is 89.0 Å². The molecular weight excluding hydrogens is 436 g/mol. The van der Waals surface area contributed by atoms with Crippen LogP contribution in [0.5, 0.6) is 5.75 Å². The lowest BCUT2D eigenvalue weighted by Gasteiger charge is -2.36. The molecule has 4 rings (SSSR count). The Kier molecular flexibility index (Phi) is 7.04. The smallest absolute Gasteiger partial charge is 0.192 e. The molecule has 0 saturated heterocycles. The molecule has 0 fully saturated rings. The van der Waals surface area contributed by atoms with Crippen LogP contribution in [0.1, 0.15) is 50.0 Å². The van der Waals surface area contributed by atoms with Gasteiger partial charge >= 0.3 is 0 Å². The Morgan fingerprint density at radius 2 is 1.53 bits per heavy atom. The number of fused-ring (bicyclic) bond motifs is 1. The molecule has 34 heavy (non-hydrogen) atoms. The lowest BCUT2D eigenvalue weighted by Crippen LogP contribution is -2.41. The SMILES string of the molecule is Cc1c(-c2ccc(OCCO[Si](C)(C)C(C)(C)C)cc2)cccc1-c1cccc2c1CC[C@@H]2O. The highest BCUT2D eigenvalue weighted by Gasteiger charge is 2.36. The first-order chi connectivity index (χ1) is 16.1. The Labute approximate surface area is 205 Å². The molecule has 1 aliphatic carbocycles. The van der Waals surface area contributed by atoms with Gasteiger partial charge in [-0.15, -0.1) is 0 Å². The van der Waals surface area contributed by atoms with Gasteiger partial charge in [-0.1, -0.05) is 69.3 Å². The van der Waals surface area contributed by atoms with E-state index < -0.39 is 8.32 Å². The van der Waals surface area contributed by atoms with E-state index in [2.05, 4.69) is 89.3 Å². The Hall–Kier alpha value is -2.40. The maximum absolute atomic E-state index is 10.3. The van der Waals surface area contributed by atoms with Crippen molar-refractivity contribution >= 4 is 8.32 Å². The molecule has 1 N–H and O–H groups in total. The first-order valence-electron chi connectivity index (χ1n) is 12.4. The molecule has 3 aromatic carbocycles. The van der Waals surface area contributed by atoms with Gasteiger partial charge in [0.15, 0.2) is 8.32 Å². The van der Waals surface area contributed by atoms with Crippen LogP contribution >= 0.6 is 0 Å². The van der Waals surface area contributed by atoms with Gasteiger partial charge in [-0.2, -0.15) is 0 Å². The number of rotatable bonds is 7. The quantitative estimate of drug-likeness (QED) is 0.281. The highest BCUT2D eigenvalue weighted by Crippen LogP contribution is 2.40. The summed E-state index contributed by atoms with van der Waals surface area (Å²) in [6.07, 6.45) is 1.41. The van der Waals surface area contributed by atoms with Gasteiger partial charge in [0.1, 0.15) is 12.4 Å². The van der Waals surface area contributed by atoms with Crippen LogP contribution < -0.4 is 4.74 Å². The number of aliphatic hydroxyl groups is 1. The van der Waals surface area contributed by atoms with Crippen molar-refractivity contribution in [2.45, 2.75) is 64.8 Å². The highest BCUT2D eigenvalue weighted by atomic mass is 28.4. The van der Waals surface area contributed by atoms with E-state index in [1.165, 1.54) is 33.4 Å². The Morgan fingerprint density at radius 1 is 0.882 bits per heavy atom. The van der Waals surface area contributed by atoms with Crippen molar-refractivity contribution in [3.05, 3.63) is 77.4 Å². The van der Waals surface area contributed by atoms with Crippen molar-refractivity contribution in [3.8, 4) is 28.0 Å². The van der Waals surface area contributed by atoms with E-state index in [0.29, 0.717) is 13.2 Å². The predicted octanol–water partition coefficient (Wildman–Crippen LogP) is 7.71. The number of hydrogen-bond acceptors (Lipinski definition) is 3. The number of benzene rings is 3. The molecule has 4 heteroatoms. The topological polar surface area (TPSA) is 38.7 Å². The van der Waals surface area contributed by atoms with Gasteiger partial charge < -0.3 is 14.3 Å². The van der Waals surface area contributed by atoms with Crippen LogP contribution in [-0.4, -0.2) is 26.6 Å². The second-order valence-corrected chi connectivity index (χ2v) is 15.7. The van der Waals surface area contributed by atoms with Crippen LogP contribution in [0.2, 0.25) is 18.1 Å². The summed E-state index contributed by atoms with van der Waals surface area (Å²) in [7, 11) is -1.74. The molecular formula is C30H38O3Si. The molecule has 0 radical (unpaired) electrons. The molecule has 0 aliphatic heterocycles. The van der Waals surface area contributed by atoms with Crippen LogP contribution in [0.15, 0.2) is 60.7 Å². The van der Waals surface area contributed by atoms with Gasteiger partial charge in [0.05, 0.1) is 12.7 Å². The van der Waals surface area contributed by atoms with Crippen LogP contribution in [0.25, 0.3) is 22.3 Å². The van der Waals surface area contributed by atoms with E-state index in [4.69, 9.17) is 9.16 Å². The fourth-order valence-electron chi connectivity index (χ4n) is 4.53. The van der Waals surface area contributed by atoms with Crippen molar-refractivity contribution < 1.29 is 14.3 Å². The van der Waals surface area contributed by atoms with Crippen molar-refractivity contribution in [3.63, 3.8) is 0 Å². The molecule has 180 valence electrons. The van der Waals surface area contributed by atoms with Crippen LogP contribution in [0, 0.1) is 6.92 Å². The van der Waals surface area contributed by atoms with Gasteiger partial charge in [0.25, 0.3) is 0 Å². The van der Waals surface area contributed by atoms with E-state index in [-0.39, 0.29) is 11.1 Å². The molecule has 0 unspecified atom stereocenters. The van der Waals surface area contributed by atoms with Crippen LogP contribution in [-0.2, 0) is 10.8 Å². The third-order valence-electron chi connectivity index (χ3n) is 7.65. The van der Waals surface area contributed by atoms with E-state index in [9.17, 15) is 5.11 Å². The molecule has 0 bridgehead atoms. The standard InChI is InChI=1S/C30H38O3Si/c1-21-24(9-7-10-25(21)26-11-8-12-28-27(26)17-18-29(28)31)22-13-15-23(16-14-22)32-19-20-33-34(5,6)30(2,3)4/h7-16,29,31H,17-20H2,1-6H3/t29-/m0/s1. The predicted molar refractivity (Wildman–Crippen MR) is 144 cm³/mol. The van der Waals surface area contributed by atoms with E-state index in [0.717, 1.165) is 24.2 Å². The summed E-state index contributed by atoms with van der Waals surface area (Å²) < 4.78 is 12.2. The monoisotopic (exact) mass is 474 g/mol.